The molecule has 0 radical (unpaired) electrons. The molecule has 1 saturated carbocycles. The third-order valence-electron chi connectivity index (χ3n) is 12.6. The van der Waals surface area contributed by atoms with Crippen LogP contribution in [0.5, 0.6) is 0 Å². The summed E-state index contributed by atoms with van der Waals surface area (Å²) in [6, 6.07) is 37.5. The van der Waals surface area contributed by atoms with Gasteiger partial charge in [-0.25, -0.2) is 17.6 Å². The van der Waals surface area contributed by atoms with Crippen LogP contribution in [-0.2, 0) is 17.1 Å². The molecule has 2 fully saturated rings. The summed E-state index contributed by atoms with van der Waals surface area (Å²) < 4.78 is 45.8. The zero-order valence-corrected chi connectivity index (χ0v) is 38.9. The molecule has 2 heterocycles. The zero-order valence-electron chi connectivity index (χ0n) is 37.2. The molecule has 340 valence electrons. The number of sulfonamides is 1. The van der Waals surface area contributed by atoms with Gasteiger partial charge in [0, 0.05) is 90.0 Å². The van der Waals surface area contributed by atoms with Crippen molar-refractivity contribution in [2.45, 2.75) is 67.5 Å². The number of benzene rings is 5. The minimum Gasteiger partial charge on any atom is -0.478 e. The molecule has 0 spiro atoms. The van der Waals surface area contributed by atoms with Crippen LogP contribution in [0.1, 0.15) is 47.8 Å². The summed E-state index contributed by atoms with van der Waals surface area (Å²) in [5, 5.41) is 27.7. The quantitative estimate of drug-likeness (QED) is 0.0563. The van der Waals surface area contributed by atoms with E-state index in [2.05, 4.69) is 37.3 Å². The number of thioether (sulfide) groups is 1. The minimum atomic E-state index is -3.87. The van der Waals surface area contributed by atoms with E-state index < -0.39 is 21.6 Å². The highest BCUT2D eigenvalue weighted by atomic mass is 32.2. The van der Waals surface area contributed by atoms with Crippen LogP contribution in [0.25, 0.3) is 22.4 Å². The molecular weight excluding hydrogens is 860 g/mol. The van der Waals surface area contributed by atoms with Gasteiger partial charge in [0.1, 0.15) is 5.82 Å². The van der Waals surface area contributed by atoms with Gasteiger partial charge in [0.25, 0.3) is 10.0 Å². The molecule has 0 amide bonds. The van der Waals surface area contributed by atoms with Crippen molar-refractivity contribution in [3.05, 3.63) is 144 Å². The van der Waals surface area contributed by atoms with Crippen LogP contribution in [0.4, 0.5) is 27.1 Å². The first-order valence-corrected chi connectivity index (χ1v) is 24.5. The van der Waals surface area contributed by atoms with Gasteiger partial charge in [0.05, 0.1) is 21.8 Å². The van der Waals surface area contributed by atoms with Crippen LogP contribution in [0.15, 0.2) is 131 Å². The van der Waals surface area contributed by atoms with E-state index in [0.29, 0.717) is 28.7 Å². The Hall–Kier alpha value is -5.80. The molecule has 5 N–H and O–H groups in total. The van der Waals surface area contributed by atoms with Crippen molar-refractivity contribution in [3.8, 4) is 22.4 Å². The number of anilines is 4. The molecule has 65 heavy (non-hydrogen) atoms. The van der Waals surface area contributed by atoms with E-state index in [0.717, 1.165) is 91.5 Å². The van der Waals surface area contributed by atoms with Crippen molar-refractivity contribution in [1.29, 1.82) is 0 Å². The first-order valence-electron chi connectivity index (χ1n) is 22.1. The second-order valence-corrected chi connectivity index (χ2v) is 20.3. The number of hydrogen-bond acceptors (Lipinski definition) is 9. The largest absolute Gasteiger partial charge is 0.478 e. The van der Waals surface area contributed by atoms with E-state index >= 15 is 0 Å². The Balaban J connectivity index is 0.888. The van der Waals surface area contributed by atoms with Gasteiger partial charge in [-0.05, 0) is 154 Å². The van der Waals surface area contributed by atoms with Crippen LogP contribution in [-0.4, -0.2) is 85.3 Å². The number of piperazine rings is 1. The maximum Gasteiger partial charge on any atom is 0.338 e. The molecule has 11 nitrogen and oxygen atoms in total. The molecule has 1 aliphatic carbocycles. The topological polar surface area (TPSA) is 139 Å². The SMILES string of the molecule is Cc1cc(S(=O)(=O)Nc2ccc(N3CCN(c4cccc(-c5c(C(=O)O)c(C)n(C)c5-c5ccc(F)cc5)c4)CC3)cc2)ccc1N[C@H](CCNC1CC(C)(O)C1)CSc1ccccc1. The third kappa shape index (κ3) is 10.7. The summed E-state index contributed by atoms with van der Waals surface area (Å²) in [6.07, 6.45) is 2.38. The molecule has 2 aliphatic rings. The highest BCUT2D eigenvalue weighted by Gasteiger charge is 2.37. The molecule has 0 bridgehead atoms. The van der Waals surface area contributed by atoms with E-state index in [1.807, 2.05) is 86.1 Å². The number of carboxylic acid groups (broad SMARTS) is 1. The number of carbonyl (C=O) groups is 1. The van der Waals surface area contributed by atoms with Gasteiger partial charge < -0.3 is 35.2 Å². The molecule has 1 aromatic heterocycles. The number of nitrogens with one attached hydrogen (secondary N) is 3. The number of aryl methyl sites for hydroxylation is 1. The molecule has 5 aromatic carbocycles. The lowest BCUT2D eigenvalue weighted by atomic mass is 9.77. The number of rotatable bonds is 17. The molecule has 1 atom stereocenters. The van der Waals surface area contributed by atoms with Crippen molar-refractivity contribution in [2.24, 2.45) is 7.05 Å². The van der Waals surface area contributed by atoms with Crippen molar-refractivity contribution in [3.63, 3.8) is 0 Å². The van der Waals surface area contributed by atoms with Crippen molar-refractivity contribution < 1.29 is 27.8 Å². The van der Waals surface area contributed by atoms with Gasteiger partial charge in [-0.3, -0.25) is 4.72 Å². The van der Waals surface area contributed by atoms with E-state index in [1.165, 1.54) is 17.0 Å². The summed E-state index contributed by atoms with van der Waals surface area (Å²) >= 11 is 1.79. The van der Waals surface area contributed by atoms with Gasteiger partial charge in [-0.2, -0.15) is 0 Å². The minimum absolute atomic E-state index is 0.127. The van der Waals surface area contributed by atoms with E-state index in [1.54, 1.807) is 55.1 Å². The van der Waals surface area contributed by atoms with Gasteiger partial charge >= 0.3 is 5.97 Å². The van der Waals surface area contributed by atoms with Crippen molar-refractivity contribution in [2.75, 3.05) is 58.3 Å². The third-order valence-corrected chi connectivity index (χ3v) is 15.2. The molecule has 6 aromatic rings. The summed E-state index contributed by atoms with van der Waals surface area (Å²) in [7, 11) is -2.03. The van der Waals surface area contributed by atoms with Crippen LogP contribution >= 0.6 is 11.8 Å². The Morgan fingerprint density at radius 1 is 0.846 bits per heavy atom. The van der Waals surface area contributed by atoms with E-state index in [-0.39, 0.29) is 22.3 Å². The predicted molar refractivity (Wildman–Crippen MR) is 262 cm³/mol. The van der Waals surface area contributed by atoms with E-state index in [9.17, 15) is 27.8 Å². The molecular formula is C51H57FN6O5S2. The van der Waals surface area contributed by atoms with Gasteiger partial charge in [-0.1, -0.05) is 30.3 Å². The fourth-order valence-corrected chi connectivity index (χ4v) is 11.2. The van der Waals surface area contributed by atoms with Gasteiger partial charge in [0.2, 0.25) is 0 Å². The number of hydrogen-bond donors (Lipinski definition) is 5. The van der Waals surface area contributed by atoms with Crippen LogP contribution in [0.3, 0.4) is 0 Å². The Labute approximate surface area is 385 Å². The normalized spacial score (nSPS) is 18.0. The molecule has 1 saturated heterocycles. The Kier molecular flexibility index (Phi) is 13.6. The monoisotopic (exact) mass is 916 g/mol. The lowest BCUT2D eigenvalue weighted by Gasteiger charge is -2.41. The molecule has 0 unspecified atom stereocenters. The summed E-state index contributed by atoms with van der Waals surface area (Å²) in [5.41, 5.74) is 7.23. The lowest BCUT2D eigenvalue weighted by molar-refractivity contribution is -0.0388. The van der Waals surface area contributed by atoms with Crippen LogP contribution < -0.4 is 25.2 Å². The number of aromatic nitrogens is 1. The molecule has 14 heteroatoms. The summed E-state index contributed by atoms with van der Waals surface area (Å²) in [4.78, 5) is 18.5. The van der Waals surface area contributed by atoms with Gasteiger partial charge in [-0.15, -0.1) is 11.8 Å². The summed E-state index contributed by atoms with van der Waals surface area (Å²) in [5.74, 6) is -0.540. The highest BCUT2D eigenvalue weighted by Crippen LogP contribution is 2.40. The number of aromatic carboxylic acids is 1. The number of nitrogens with zero attached hydrogens (tertiary/aromatic N) is 3. The first kappa shape index (κ1) is 45.8. The lowest BCUT2D eigenvalue weighted by Crippen LogP contribution is -2.52. The second kappa shape index (κ2) is 19.4. The molecule has 1 aliphatic heterocycles. The second-order valence-electron chi connectivity index (χ2n) is 17.5. The van der Waals surface area contributed by atoms with Crippen LogP contribution in [0.2, 0.25) is 0 Å². The standard InChI is InChI=1S/C51H57FN6O5S2/c1-34-29-45(21-22-46(34)54-40(33-64-44-11-6-5-7-12-44)23-24-53-41-31-51(3,61)32-41)65(62,63)55-39-17-19-42(20-18-39)57-25-27-58(28-26-57)43-10-8-9-37(30-43)48-47(50(59)60)35(2)56(4)49(48)36-13-15-38(52)16-14-36/h5-22,29-30,40-41,53-55,61H,23-28,31-33H2,1-4H3,(H,59,60)/t40-,41?,51?/m1/s1. The van der Waals surface area contributed by atoms with Crippen molar-refractivity contribution in [1.82, 2.24) is 9.88 Å². The van der Waals surface area contributed by atoms with E-state index in [4.69, 9.17) is 0 Å². The maximum absolute atomic E-state index is 13.9. The Bertz CT molecular complexity index is 2730. The Morgan fingerprint density at radius 2 is 1.52 bits per heavy atom. The average molecular weight is 917 g/mol. The smallest absolute Gasteiger partial charge is 0.338 e. The number of halogens is 1. The predicted octanol–water partition coefficient (Wildman–Crippen LogP) is 9.41. The molecule has 8 rings (SSSR count). The van der Waals surface area contributed by atoms with Gasteiger partial charge in [0.15, 0.2) is 0 Å². The fraction of sp³-hybridized carbons (Fsp3) is 0.314. The first-order chi connectivity index (χ1) is 31.1. The van der Waals surface area contributed by atoms with Crippen molar-refractivity contribution >= 4 is 50.5 Å². The highest BCUT2D eigenvalue weighted by molar-refractivity contribution is 7.99. The maximum atomic E-state index is 13.9. The fourth-order valence-electron chi connectivity index (χ4n) is 9.03. The average Bonchev–Trinajstić information content (AvgIpc) is 3.55. The number of carboxylic acids is 1. The number of aliphatic hydroxyl groups is 1. The van der Waals surface area contributed by atoms with Crippen LogP contribution in [0, 0.1) is 19.7 Å². The zero-order chi connectivity index (χ0) is 45.9. The Morgan fingerprint density at radius 3 is 2.17 bits per heavy atom. The summed E-state index contributed by atoms with van der Waals surface area (Å²) in [6.45, 7) is 9.30.